The second-order valence-electron chi connectivity index (χ2n) is 6.16. The molecule has 8 heteroatoms. The average Bonchev–Trinajstić information content (AvgIpc) is 3.12. The molecule has 0 radical (unpaired) electrons. The number of aromatic amines is 1. The lowest BCUT2D eigenvalue weighted by molar-refractivity contribution is -0.0267. The molecule has 0 spiro atoms. The summed E-state index contributed by atoms with van der Waals surface area (Å²) in [4.78, 5) is 23.1. The van der Waals surface area contributed by atoms with Crippen LogP contribution >= 0.6 is 0 Å². The van der Waals surface area contributed by atoms with Gasteiger partial charge < -0.3 is 14.4 Å². The molecule has 25 heavy (non-hydrogen) atoms. The highest BCUT2D eigenvalue weighted by atomic mass is 16.5. The molecule has 0 aromatic carbocycles. The molecule has 3 heterocycles. The Morgan fingerprint density at radius 2 is 2.36 bits per heavy atom. The number of hydrogen-bond donors (Lipinski definition) is 1. The smallest absolute Gasteiger partial charge is 0.254 e. The number of nitrogens with zero attached hydrogens (tertiary/aromatic N) is 4. The minimum Gasteiger partial charge on any atom is -0.478 e. The minimum atomic E-state index is -0.300. The van der Waals surface area contributed by atoms with Crippen molar-refractivity contribution < 1.29 is 14.3 Å². The van der Waals surface area contributed by atoms with E-state index < -0.39 is 0 Å². The van der Waals surface area contributed by atoms with Crippen LogP contribution < -0.4 is 4.74 Å². The number of carbonyl (C=O) groups excluding carboxylic acids is 1. The Balaban J connectivity index is 1.72. The van der Waals surface area contributed by atoms with Gasteiger partial charge in [0.05, 0.1) is 19.8 Å². The van der Waals surface area contributed by atoms with Gasteiger partial charge in [-0.15, -0.1) is 0 Å². The molecular formula is C17H23N5O3. The molecule has 1 fully saturated rings. The van der Waals surface area contributed by atoms with Crippen LogP contribution in [0.5, 0.6) is 5.88 Å². The zero-order chi connectivity index (χ0) is 17.8. The van der Waals surface area contributed by atoms with Crippen molar-refractivity contribution >= 4 is 5.91 Å². The highest BCUT2D eigenvalue weighted by Gasteiger charge is 2.28. The summed E-state index contributed by atoms with van der Waals surface area (Å²) in [6.07, 6.45) is 1.28. The molecule has 8 nitrogen and oxygen atoms in total. The van der Waals surface area contributed by atoms with Gasteiger partial charge in [0.25, 0.3) is 5.91 Å². The summed E-state index contributed by atoms with van der Waals surface area (Å²) in [7, 11) is 0. The first-order chi connectivity index (χ1) is 12.1. The van der Waals surface area contributed by atoms with E-state index in [-0.39, 0.29) is 17.9 Å². The van der Waals surface area contributed by atoms with Crippen LogP contribution in [0.25, 0.3) is 0 Å². The maximum Gasteiger partial charge on any atom is 0.254 e. The largest absolute Gasteiger partial charge is 0.478 e. The van der Waals surface area contributed by atoms with Crippen LogP contribution in [-0.4, -0.2) is 57.3 Å². The summed E-state index contributed by atoms with van der Waals surface area (Å²) in [6.45, 7) is 7.87. The monoisotopic (exact) mass is 345 g/mol. The van der Waals surface area contributed by atoms with E-state index in [9.17, 15) is 4.79 Å². The van der Waals surface area contributed by atoms with Gasteiger partial charge in [0.15, 0.2) is 11.6 Å². The summed E-state index contributed by atoms with van der Waals surface area (Å²) in [6, 6.07) is 3.36. The van der Waals surface area contributed by atoms with E-state index in [1.807, 2.05) is 20.8 Å². The number of nitrogens with one attached hydrogen (secondary N) is 1. The average molecular weight is 345 g/mol. The standard InChI is InChI=1S/C17H23N5O3/c1-4-24-14-9-12(5-6-18-14)17(23)22-7-8-25-13(10-22)16-19-15(11(2)3)20-21-16/h5-6,9,11,13H,4,7-8,10H2,1-3H3,(H,19,20,21). The van der Waals surface area contributed by atoms with Crippen LogP contribution in [0.15, 0.2) is 18.3 Å². The topological polar surface area (TPSA) is 93.2 Å². The van der Waals surface area contributed by atoms with Crippen LogP contribution in [0, 0.1) is 0 Å². The zero-order valence-electron chi connectivity index (χ0n) is 14.7. The first-order valence-electron chi connectivity index (χ1n) is 8.50. The Kier molecular flexibility index (Phi) is 5.28. The fourth-order valence-electron chi connectivity index (χ4n) is 2.64. The van der Waals surface area contributed by atoms with Crippen molar-refractivity contribution in [3.8, 4) is 5.88 Å². The fraction of sp³-hybridized carbons (Fsp3) is 0.529. The summed E-state index contributed by atoms with van der Waals surface area (Å²) in [5.74, 6) is 2.03. The molecule has 3 rings (SSSR count). The highest BCUT2D eigenvalue weighted by molar-refractivity contribution is 5.94. The molecule has 0 aliphatic carbocycles. The van der Waals surface area contributed by atoms with Gasteiger partial charge >= 0.3 is 0 Å². The molecule has 1 atom stereocenters. The maximum atomic E-state index is 12.8. The second-order valence-corrected chi connectivity index (χ2v) is 6.16. The Morgan fingerprint density at radius 1 is 1.52 bits per heavy atom. The molecule has 1 N–H and O–H groups in total. The number of amides is 1. The van der Waals surface area contributed by atoms with Gasteiger partial charge in [-0.1, -0.05) is 13.8 Å². The number of H-pyrrole nitrogens is 1. The Labute approximate surface area is 146 Å². The fourth-order valence-corrected chi connectivity index (χ4v) is 2.64. The van der Waals surface area contributed by atoms with Gasteiger partial charge in [0.2, 0.25) is 5.88 Å². The van der Waals surface area contributed by atoms with E-state index in [1.165, 1.54) is 0 Å². The molecule has 1 aliphatic rings. The van der Waals surface area contributed by atoms with Crippen molar-refractivity contribution in [1.29, 1.82) is 0 Å². The van der Waals surface area contributed by atoms with Crippen molar-refractivity contribution in [2.75, 3.05) is 26.3 Å². The van der Waals surface area contributed by atoms with Gasteiger partial charge in [-0.25, -0.2) is 9.97 Å². The number of ether oxygens (including phenoxy) is 2. The number of carbonyl (C=O) groups is 1. The summed E-state index contributed by atoms with van der Waals surface area (Å²) < 4.78 is 11.1. The Hall–Kier alpha value is -2.48. The Morgan fingerprint density at radius 3 is 3.08 bits per heavy atom. The van der Waals surface area contributed by atoms with Crippen LogP contribution in [-0.2, 0) is 4.74 Å². The maximum absolute atomic E-state index is 12.8. The molecule has 1 saturated heterocycles. The van der Waals surface area contributed by atoms with Crippen LogP contribution in [0.4, 0.5) is 0 Å². The quantitative estimate of drug-likeness (QED) is 0.890. The van der Waals surface area contributed by atoms with E-state index in [0.717, 1.165) is 5.82 Å². The SMILES string of the molecule is CCOc1cc(C(=O)N2CCOC(c3nc(C(C)C)n[nH]3)C2)ccn1. The van der Waals surface area contributed by atoms with Gasteiger partial charge in [0.1, 0.15) is 6.10 Å². The lowest BCUT2D eigenvalue weighted by Crippen LogP contribution is -2.42. The van der Waals surface area contributed by atoms with Crippen LogP contribution in [0.2, 0.25) is 0 Å². The molecule has 0 bridgehead atoms. The lowest BCUT2D eigenvalue weighted by atomic mass is 10.2. The molecule has 2 aromatic heterocycles. The summed E-state index contributed by atoms with van der Waals surface area (Å²) in [5.41, 5.74) is 0.555. The summed E-state index contributed by atoms with van der Waals surface area (Å²) in [5, 5.41) is 7.13. The number of morpholine rings is 1. The van der Waals surface area contributed by atoms with Crippen LogP contribution in [0.1, 0.15) is 54.8 Å². The van der Waals surface area contributed by atoms with E-state index >= 15 is 0 Å². The van der Waals surface area contributed by atoms with E-state index in [4.69, 9.17) is 9.47 Å². The van der Waals surface area contributed by atoms with Crippen molar-refractivity contribution in [2.45, 2.75) is 32.8 Å². The molecule has 1 amide bonds. The van der Waals surface area contributed by atoms with Gasteiger partial charge in [-0.05, 0) is 13.0 Å². The predicted octanol–water partition coefficient (Wildman–Crippen LogP) is 1.94. The molecule has 134 valence electrons. The van der Waals surface area contributed by atoms with Crippen molar-refractivity contribution in [2.24, 2.45) is 0 Å². The third-order valence-corrected chi connectivity index (χ3v) is 3.97. The van der Waals surface area contributed by atoms with E-state index in [2.05, 4.69) is 20.2 Å². The van der Waals surface area contributed by atoms with Crippen molar-refractivity contribution in [3.63, 3.8) is 0 Å². The number of aromatic nitrogens is 4. The number of rotatable bonds is 5. The first kappa shape index (κ1) is 17.3. The molecule has 1 aliphatic heterocycles. The van der Waals surface area contributed by atoms with E-state index in [0.29, 0.717) is 43.6 Å². The van der Waals surface area contributed by atoms with E-state index in [1.54, 1.807) is 23.2 Å². The van der Waals surface area contributed by atoms with Crippen molar-refractivity contribution in [3.05, 3.63) is 35.5 Å². The molecule has 2 aromatic rings. The molecular weight excluding hydrogens is 322 g/mol. The van der Waals surface area contributed by atoms with Crippen molar-refractivity contribution in [1.82, 2.24) is 25.1 Å². The minimum absolute atomic E-state index is 0.0692. The summed E-state index contributed by atoms with van der Waals surface area (Å²) >= 11 is 0. The van der Waals surface area contributed by atoms with Gasteiger partial charge in [-0.3, -0.25) is 9.89 Å². The number of hydrogen-bond acceptors (Lipinski definition) is 6. The third-order valence-electron chi connectivity index (χ3n) is 3.97. The first-order valence-corrected chi connectivity index (χ1v) is 8.50. The van der Waals surface area contributed by atoms with Gasteiger partial charge in [-0.2, -0.15) is 5.10 Å². The normalized spacial score (nSPS) is 17.8. The second kappa shape index (κ2) is 7.60. The van der Waals surface area contributed by atoms with Gasteiger partial charge in [0, 0.05) is 30.3 Å². The lowest BCUT2D eigenvalue weighted by Gasteiger charge is -2.32. The van der Waals surface area contributed by atoms with Crippen LogP contribution in [0.3, 0.4) is 0 Å². The number of pyridine rings is 1. The molecule has 1 unspecified atom stereocenters. The predicted molar refractivity (Wildman–Crippen MR) is 90.5 cm³/mol. The zero-order valence-corrected chi connectivity index (χ0v) is 14.7. The third kappa shape index (κ3) is 3.96. The molecule has 0 saturated carbocycles. The highest BCUT2D eigenvalue weighted by Crippen LogP contribution is 2.22. The Bertz CT molecular complexity index is 731.